The Hall–Kier alpha value is -1.20. The fourth-order valence-electron chi connectivity index (χ4n) is 8.68. The third kappa shape index (κ3) is 2.00. The van der Waals surface area contributed by atoms with Gasteiger partial charge in [0.2, 0.25) is 0 Å². The summed E-state index contributed by atoms with van der Waals surface area (Å²) in [5.41, 5.74) is 1.78. The highest BCUT2D eigenvalue weighted by Crippen LogP contribution is 2.81. The average Bonchev–Trinajstić information content (AvgIpc) is 3.58. The van der Waals surface area contributed by atoms with E-state index in [1.54, 1.807) is 5.57 Å². The Morgan fingerprint density at radius 1 is 1.31 bits per heavy atom. The molecule has 0 amide bonds. The van der Waals surface area contributed by atoms with Crippen LogP contribution in [0.2, 0.25) is 0 Å². The van der Waals surface area contributed by atoms with Crippen LogP contribution in [0.15, 0.2) is 11.1 Å². The number of methoxy groups -OCH3 is 1. The van der Waals surface area contributed by atoms with Crippen molar-refractivity contribution in [1.82, 2.24) is 0 Å². The zero-order valence-electron chi connectivity index (χ0n) is 17.8. The van der Waals surface area contributed by atoms with Crippen LogP contribution >= 0.6 is 0 Å². The van der Waals surface area contributed by atoms with Gasteiger partial charge in [-0.2, -0.15) is 0 Å². The number of epoxide rings is 1. The largest absolute Gasteiger partial charge is 0.469 e. The number of aliphatic hydroxyl groups is 1. The minimum absolute atomic E-state index is 0.00731. The van der Waals surface area contributed by atoms with E-state index in [0.717, 1.165) is 32.1 Å². The normalized spacial score (nSPS) is 54.0. The van der Waals surface area contributed by atoms with Crippen LogP contribution in [0.25, 0.3) is 0 Å². The highest BCUT2D eigenvalue weighted by atomic mass is 16.6. The molecule has 1 unspecified atom stereocenters. The lowest BCUT2D eigenvalue weighted by molar-refractivity contribution is -0.146. The first-order chi connectivity index (χ1) is 13.7. The van der Waals surface area contributed by atoms with E-state index in [9.17, 15) is 14.7 Å². The summed E-state index contributed by atoms with van der Waals surface area (Å²) in [6, 6.07) is 0. The van der Waals surface area contributed by atoms with Crippen molar-refractivity contribution >= 4 is 11.8 Å². The fourth-order valence-corrected chi connectivity index (χ4v) is 8.68. The zero-order chi connectivity index (χ0) is 20.4. The number of rotatable bonds is 3. The van der Waals surface area contributed by atoms with Gasteiger partial charge in [0.25, 0.3) is 0 Å². The number of hydrogen-bond acceptors (Lipinski definition) is 5. The number of carbonyl (C=O) groups is 2. The van der Waals surface area contributed by atoms with Gasteiger partial charge in [0.15, 0.2) is 0 Å². The average molecular weight is 401 g/mol. The Balaban J connectivity index is 1.38. The Labute approximate surface area is 172 Å². The topological polar surface area (TPSA) is 76.1 Å². The van der Waals surface area contributed by atoms with E-state index >= 15 is 0 Å². The first-order valence-corrected chi connectivity index (χ1v) is 11.4. The summed E-state index contributed by atoms with van der Waals surface area (Å²) >= 11 is 0. The Bertz CT molecular complexity index is 861. The molecule has 5 aliphatic carbocycles. The number of hydrogen-bond donors (Lipinski definition) is 1. The van der Waals surface area contributed by atoms with Gasteiger partial charge in [0.05, 0.1) is 18.8 Å². The SMILES string of the molecule is COC(=O)CC[C@]1(O)CC[C@H]2[C@@H]3[C@H]4CC4=C4CC(=O)CC[C@]4(C)[C@]34OC4C[C@@]21C. The standard InChI is InChI=1S/C24H32O5/c1-21-7-4-13(25)10-17(21)14-11-15(14)20-16-5-8-23(27,9-6-19(26)28-3)22(16,2)12-18-24(20,21)29-18/h15-16,18,20,27H,4-12H2,1-3H3/t15-,16-,18?,20-,21-,22-,23+,24+/m0/s1. The van der Waals surface area contributed by atoms with Gasteiger partial charge in [0.1, 0.15) is 11.4 Å². The van der Waals surface area contributed by atoms with Gasteiger partial charge in [0, 0.05) is 36.0 Å². The zero-order valence-corrected chi connectivity index (χ0v) is 17.8. The van der Waals surface area contributed by atoms with Crippen molar-refractivity contribution in [3.63, 3.8) is 0 Å². The van der Waals surface area contributed by atoms with Crippen LogP contribution in [0.1, 0.15) is 71.6 Å². The minimum atomic E-state index is -0.827. The molecule has 5 nitrogen and oxygen atoms in total. The molecular weight excluding hydrogens is 368 g/mol. The van der Waals surface area contributed by atoms with Gasteiger partial charge < -0.3 is 14.6 Å². The quantitative estimate of drug-likeness (QED) is 0.447. The number of Topliss-reactive ketones (excluding diaryl/α,β-unsaturated/α-hetero) is 1. The van der Waals surface area contributed by atoms with Gasteiger partial charge in [-0.25, -0.2) is 0 Å². The lowest BCUT2D eigenvalue weighted by atomic mass is 9.46. The van der Waals surface area contributed by atoms with Crippen molar-refractivity contribution in [3.8, 4) is 0 Å². The van der Waals surface area contributed by atoms with Crippen LogP contribution in [-0.2, 0) is 19.1 Å². The monoisotopic (exact) mass is 400 g/mol. The van der Waals surface area contributed by atoms with Crippen molar-refractivity contribution < 1.29 is 24.2 Å². The predicted octanol–water partition coefficient (Wildman–Crippen LogP) is 3.33. The summed E-state index contributed by atoms with van der Waals surface area (Å²) in [6.45, 7) is 4.62. The van der Waals surface area contributed by atoms with E-state index in [0.29, 0.717) is 42.8 Å². The second-order valence-electron chi connectivity index (χ2n) is 11.2. The van der Waals surface area contributed by atoms with Crippen molar-refractivity contribution in [2.45, 2.75) is 88.9 Å². The smallest absolute Gasteiger partial charge is 0.305 e. The lowest BCUT2D eigenvalue weighted by Gasteiger charge is -2.56. The highest BCUT2D eigenvalue weighted by Gasteiger charge is 2.83. The van der Waals surface area contributed by atoms with E-state index < -0.39 is 5.60 Å². The lowest BCUT2D eigenvalue weighted by Crippen LogP contribution is -2.60. The van der Waals surface area contributed by atoms with Gasteiger partial charge in [-0.15, -0.1) is 0 Å². The first-order valence-electron chi connectivity index (χ1n) is 11.4. The van der Waals surface area contributed by atoms with Crippen LogP contribution in [0, 0.1) is 28.6 Å². The van der Waals surface area contributed by atoms with Crippen LogP contribution in [0.4, 0.5) is 0 Å². The van der Waals surface area contributed by atoms with Gasteiger partial charge in [-0.05, 0) is 50.4 Å². The molecule has 1 spiro atoms. The van der Waals surface area contributed by atoms with Crippen LogP contribution in [0.3, 0.4) is 0 Å². The molecule has 4 saturated carbocycles. The van der Waals surface area contributed by atoms with Crippen molar-refractivity contribution in [3.05, 3.63) is 11.1 Å². The van der Waals surface area contributed by atoms with E-state index in [1.807, 2.05) is 0 Å². The van der Waals surface area contributed by atoms with E-state index in [-0.39, 0.29) is 34.9 Å². The molecule has 0 radical (unpaired) electrons. The number of carbonyl (C=O) groups excluding carboxylic acids is 2. The van der Waals surface area contributed by atoms with Gasteiger partial charge >= 0.3 is 5.97 Å². The Morgan fingerprint density at radius 3 is 2.86 bits per heavy atom. The minimum Gasteiger partial charge on any atom is -0.469 e. The molecule has 5 fully saturated rings. The molecule has 0 aromatic rings. The van der Waals surface area contributed by atoms with Crippen LogP contribution < -0.4 is 0 Å². The molecule has 0 bridgehead atoms. The molecule has 0 aromatic heterocycles. The molecule has 1 aliphatic heterocycles. The second-order valence-corrected chi connectivity index (χ2v) is 11.2. The Kier molecular flexibility index (Phi) is 3.42. The van der Waals surface area contributed by atoms with Crippen molar-refractivity contribution in [2.24, 2.45) is 28.6 Å². The predicted molar refractivity (Wildman–Crippen MR) is 105 cm³/mol. The number of esters is 1. The maximum absolute atomic E-state index is 12.2. The second kappa shape index (κ2) is 5.34. The van der Waals surface area contributed by atoms with E-state index in [2.05, 4.69) is 13.8 Å². The third-order valence-electron chi connectivity index (χ3n) is 10.4. The Morgan fingerprint density at radius 2 is 2.10 bits per heavy atom. The van der Waals surface area contributed by atoms with E-state index in [4.69, 9.17) is 9.47 Å². The number of ketones is 1. The van der Waals surface area contributed by atoms with Gasteiger partial charge in [-0.3, -0.25) is 9.59 Å². The molecule has 8 atom stereocenters. The van der Waals surface area contributed by atoms with Crippen molar-refractivity contribution in [2.75, 3.05) is 7.11 Å². The molecule has 1 N–H and O–H groups in total. The number of ether oxygens (including phenoxy) is 2. The molecule has 5 heteroatoms. The molecular formula is C24H32O5. The summed E-state index contributed by atoms with van der Waals surface area (Å²) in [5, 5.41) is 11.7. The van der Waals surface area contributed by atoms with E-state index in [1.165, 1.54) is 12.7 Å². The summed E-state index contributed by atoms with van der Waals surface area (Å²) in [6.07, 6.45) is 6.90. The number of allylic oxidation sites excluding steroid dienone is 1. The molecule has 6 rings (SSSR count). The molecule has 158 valence electrons. The molecule has 1 heterocycles. The van der Waals surface area contributed by atoms with Crippen LogP contribution in [-0.4, -0.2) is 41.3 Å². The van der Waals surface area contributed by atoms with Gasteiger partial charge in [-0.1, -0.05) is 25.0 Å². The van der Waals surface area contributed by atoms with Crippen LogP contribution in [0.5, 0.6) is 0 Å². The maximum Gasteiger partial charge on any atom is 0.305 e. The first kappa shape index (κ1) is 18.6. The summed E-state index contributed by atoms with van der Waals surface area (Å²) in [7, 11) is 1.41. The highest BCUT2D eigenvalue weighted by molar-refractivity contribution is 5.84. The summed E-state index contributed by atoms with van der Waals surface area (Å²) in [4.78, 5) is 24.0. The molecule has 1 saturated heterocycles. The number of fused-ring (bicyclic) bond motifs is 5. The third-order valence-corrected chi connectivity index (χ3v) is 10.4. The summed E-state index contributed by atoms with van der Waals surface area (Å²) < 4.78 is 11.5. The molecule has 0 aromatic carbocycles. The van der Waals surface area contributed by atoms with Crippen molar-refractivity contribution in [1.29, 1.82) is 0 Å². The summed E-state index contributed by atoms with van der Waals surface area (Å²) in [5.74, 6) is 1.56. The molecule has 29 heavy (non-hydrogen) atoms. The maximum atomic E-state index is 12.2. The fraction of sp³-hybridized carbons (Fsp3) is 0.833. The molecule has 6 aliphatic rings.